The highest BCUT2D eigenvalue weighted by atomic mass is 79.9. The first-order valence-corrected chi connectivity index (χ1v) is 7.42. The number of nitrogens with one attached hydrogen (secondary N) is 1. The average Bonchev–Trinajstić information content (AvgIpc) is 2.75. The van der Waals surface area contributed by atoms with Crippen molar-refractivity contribution in [2.45, 2.75) is 0 Å². The molecule has 3 nitrogen and oxygen atoms in total. The molecule has 0 atom stereocenters. The van der Waals surface area contributed by atoms with Gasteiger partial charge in [0.2, 0.25) is 0 Å². The molecular weight excluding hydrogens is 360 g/mol. The molecule has 0 aliphatic rings. The number of ether oxygens (including phenoxy) is 1. The molecule has 3 aromatic rings. The zero-order valence-electron chi connectivity index (χ0n) is 10.5. The molecule has 102 valence electrons. The van der Waals surface area contributed by atoms with Crippen LogP contribution in [0.15, 0.2) is 40.9 Å². The summed E-state index contributed by atoms with van der Waals surface area (Å²) < 4.78 is 8.83. The Bertz CT molecular complexity index is 856. The molecule has 20 heavy (non-hydrogen) atoms. The number of fused-ring (bicyclic) bond motifs is 1. The van der Waals surface area contributed by atoms with Gasteiger partial charge in [0.25, 0.3) is 0 Å². The van der Waals surface area contributed by atoms with E-state index < -0.39 is 0 Å². The van der Waals surface area contributed by atoms with Crippen molar-refractivity contribution in [3.05, 3.63) is 50.7 Å². The number of aromatic nitrogens is 2. The van der Waals surface area contributed by atoms with Gasteiger partial charge in [-0.1, -0.05) is 27.5 Å². The van der Waals surface area contributed by atoms with Crippen molar-refractivity contribution in [2.75, 3.05) is 7.11 Å². The summed E-state index contributed by atoms with van der Waals surface area (Å²) in [5.41, 5.74) is 2.88. The molecule has 0 unspecified atom stereocenters. The number of methoxy groups -OCH3 is 1. The monoisotopic (exact) mass is 368 g/mol. The molecule has 1 N–H and O–H groups in total. The van der Waals surface area contributed by atoms with Crippen LogP contribution in [0.25, 0.3) is 16.7 Å². The highest BCUT2D eigenvalue weighted by Gasteiger charge is 2.09. The normalized spacial score (nSPS) is 10.9. The van der Waals surface area contributed by atoms with Crippen LogP contribution in [-0.4, -0.2) is 16.7 Å². The number of H-pyrrole nitrogens is 1. The van der Waals surface area contributed by atoms with Gasteiger partial charge in [0, 0.05) is 10.5 Å². The van der Waals surface area contributed by atoms with Gasteiger partial charge in [-0.05, 0) is 42.5 Å². The lowest BCUT2D eigenvalue weighted by Crippen LogP contribution is -1.95. The Kier molecular flexibility index (Phi) is 3.58. The number of halogens is 2. The lowest BCUT2D eigenvalue weighted by Gasteiger charge is -2.08. The van der Waals surface area contributed by atoms with E-state index in [1.165, 1.54) is 0 Å². The fourth-order valence-corrected chi connectivity index (χ4v) is 2.98. The number of imidazole rings is 1. The Morgan fingerprint density at radius 2 is 2.05 bits per heavy atom. The topological polar surface area (TPSA) is 29.9 Å². The zero-order chi connectivity index (χ0) is 14.3. The summed E-state index contributed by atoms with van der Waals surface area (Å²) in [5.74, 6) is 0.621. The van der Waals surface area contributed by atoms with Gasteiger partial charge < -0.3 is 9.72 Å². The van der Waals surface area contributed by atoms with Gasteiger partial charge >= 0.3 is 0 Å². The second-order valence-corrected chi connectivity index (χ2v) is 5.96. The minimum absolute atomic E-state index is 0.573. The van der Waals surface area contributed by atoms with E-state index in [-0.39, 0.29) is 0 Å². The van der Waals surface area contributed by atoms with Gasteiger partial charge in [0.15, 0.2) is 4.77 Å². The van der Waals surface area contributed by atoms with Crippen molar-refractivity contribution in [3.63, 3.8) is 0 Å². The van der Waals surface area contributed by atoms with Gasteiger partial charge in [0.1, 0.15) is 5.75 Å². The third kappa shape index (κ3) is 2.26. The van der Waals surface area contributed by atoms with Crippen LogP contribution in [-0.2, 0) is 0 Å². The standard InChI is InChI=1S/C14H10BrClN2OS/c1-19-13-7-9(3-4-10(13)16)18-12-6-8(15)2-5-11(12)17-14(18)20/h2-7H,1H3,(H,17,20). The van der Waals surface area contributed by atoms with Gasteiger partial charge in [-0.2, -0.15) is 0 Å². The Morgan fingerprint density at radius 1 is 1.25 bits per heavy atom. The summed E-state index contributed by atoms with van der Waals surface area (Å²) in [6.07, 6.45) is 0. The predicted molar refractivity (Wildman–Crippen MR) is 87.7 cm³/mol. The van der Waals surface area contributed by atoms with Gasteiger partial charge in [0.05, 0.1) is 28.9 Å². The van der Waals surface area contributed by atoms with Crippen LogP contribution in [0, 0.1) is 4.77 Å². The van der Waals surface area contributed by atoms with Crippen LogP contribution in [0.4, 0.5) is 0 Å². The number of hydrogen-bond acceptors (Lipinski definition) is 2. The molecule has 0 fully saturated rings. The Morgan fingerprint density at radius 3 is 2.80 bits per heavy atom. The van der Waals surface area contributed by atoms with Crippen LogP contribution in [0.2, 0.25) is 5.02 Å². The van der Waals surface area contributed by atoms with E-state index in [0.717, 1.165) is 21.2 Å². The molecular formula is C14H10BrClN2OS. The molecule has 0 amide bonds. The Balaban J connectivity index is 2.31. The summed E-state index contributed by atoms with van der Waals surface area (Å²) in [5, 5.41) is 0.573. The molecule has 0 spiro atoms. The molecule has 6 heteroatoms. The van der Waals surface area contributed by atoms with E-state index in [1.807, 2.05) is 34.9 Å². The first-order valence-electron chi connectivity index (χ1n) is 5.84. The molecule has 0 aliphatic heterocycles. The van der Waals surface area contributed by atoms with Crippen molar-refractivity contribution in [1.29, 1.82) is 0 Å². The van der Waals surface area contributed by atoms with Crippen molar-refractivity contribution in [1.82, 2.24) is 9.55 Å². The van der Waals surface area contributed by atoms with Crippen molar-refractivity contribution >= 4 is 50.8 Å². The molecule has 2 aromatic carbocycles. The predicted octanol–water partition coefficient (Wildman–Crippen LogP) is 5.11. The SMILES string of the molecule is COc1cc(-n2c(=S)[nH]c3ccc(Br)cc32)ccc1Cl. The number of nitrogens with zero attached hydrogens (tertiary/aromatic N) is 1. The summed E-state index contributed by atoms with van der Waals surface area (Å²) in [6, 6.07) is 11.6. The maximum absolute atomic E-state index is 6.07. The van der Waals surface area contributed by atoms with Crippen molar-refractivity contribution in [2.24, 2.45) is 0 Å². The summed E-state index contributed by atoms with van der Waals surface area (Å²) in [7, 11) is 1.59. The van der Waals surface area contributed by atoms with Crippen LogP contribution in [0.5, 0.6) is 5.75 Å². The summed E-state index contributed by atoms with van der Waals surface area (Å²) in [4.78, 5) is 3.19. The molecule has 0 saturated carbocycles. The smallest absolute Gasteiger partial charge is 0.182 e. The third-order valence-corrected chi connectivity index (χ3v) is 4.13. The van der Waals surface area contributed by atoms with Crippen LogP contribution in [0.1, 0.15) is 0 Å². The lowest BCUT2D eigenvalue weighted by atomic mass is 10.2. The number of hydrogen-bond donors (Lipinski definition) is 1. The van der Waals surface area contributed by atoms with E-state index in [9.17, 15) is 0 Å². The van der Waals surface area contributed by atoms with Gasteiger partial charge in [-0.15, -0.1) is 0 Å². The minimum atomic E-state index is 0.573. The average molecular weight is 370 g/mol. The molecule has 3 rings (SSSR count). The second kappa shape index (κ2) is 5.24. The molecule has 0 bridgehead atoms. The van der Waals surface area contributed by atoms with E-state index in [0.29, 0.717) is 15.5 Å². The van der Waals surface area contributed by atoms with Crippen LogP contribution in [0.3, 0.4) is 0 Å². The fraction of sp³-hybridized carbons (Fsp3) is 0.0714. The summed E-state index contributed by atoms with van der Waals surface area (Å²) >= 11 is 15.0. The zero-order valence-corrected chi connectivity index (χ0v) is 13.6. The Labute approximate surface area is 134 Å². The largest absolute Gasteiger partial charge is 0.495 e. The van der Waals surface area contributed by atoms with Gasteiger partial charge in [-0.25, -0.2) is 0 Å². The number of rotatable bonds is 2. The van der Waals surface area contributed by atoms with E-state index in [4.69, 9.17) is 28.6 Å². The maximum Gasteiger partial charge on any atom is 0.182 e. The maximum atomic E-state index is 6.07. The minimum Gasteiger partial charge on any atom is -0.495 e. The van der Waals surface area contributed by atoms with Gasteiger partial charge in [-0.3, -0.25) is 4.57 Å². The quantitative estimate of drug-likeness (QED) is 0.636. The van der Waals surface area contributed by atoms with E-state index in [1.54, 1.807) is 13.2 Å². The molecule has 0 saturated heterocycles. The molecule has 1 aromatic heterocycles. The molecule has 1 heterocycles. The van der Waals surface area contributed by atoms with Crippen molar-refractivity contribution in [3.8, 4) is 11.4 Å². The fourth-order valence-electron chi connectivity index (χ4n) is 2.12. The number of aromatic amines is 1. The molecule has 0 aliphatic carbocycles. The molecule has 0 radical (unpaired) electrons. The highest BCUT2D eigenvalue weighted by Crippen LogP contribution is 2.29. The van der Waals surface area contributed by atoms with E-state index >= 15 is 0 Å². The highest BCUT2D eigenvalue weighted by molar-refractivity contribution is 9.10. The number of benzene rings is 2. The second-order valence-electron chi connectivity index (χ2n) is 4.25. The lowest BCUT2D eigenvalue weighted by molar-refractivity contribution is 0.415. The third-order valence-electron chi connectivity index (χ3n) is 3.04. The first-order chi connectivity index (χ1) is 9.60. The Hall–Kier alpha value is -1.30. The van der Waals surface area contributed by atoms with Crippen LogP contribution >= 0.6 is 39.7 Å². The first kappa shape index (κ1) is 13.7. The van der Waals surface area contributed by atoms with Crippen molar-refractivity contribution < 1.29 is 4.74 Å². The van der Waals surface area contributed by atoms with Crippen LogP contribution < -0.4 is 4.74 Å². The van der Waals surface area contributed by atoms with E-state index in [2.05, 4.69) is 20.9 Å². The summed E-state index contributed by atoms with van der Waals surface area (Å²) in [6.45, 7) is 0.